The van der Waals surface area contributed by atoms with Crippen LogP contribution in [0, 0.1) is 0 Å². The molecule has 1 aromatic carbocycles. The molecule has 0 saturated heterocycles. The van der Waals surface area contributed by atoms with Crippen molar-refractivity contribution in [3.8, 4) is 0 Å². The molecule has 3 atom stereocenters. The summed E-state index contributed by atoms with van der Waals surface area (Å²) in [4.78, 5) is 0. The van der Waals surface area contributed by atoms with Gasteiger partial charge in [-0.05, 0) is 35.8 Å². The largest absolute Gasteiger partial charge is 0.327 e. The molecule has 0 radical (unpaired) electrons. The predicted octanol–water partition coefficient (Wildman–Crippen LogP) is 1.99. The van der Waals surface area contributed by atoms with E-state index in [0.717, 1.165) is 5.92 Å². The molecule has 1 saturated carbocycles. The van der Waals surface area contributed by atoms with E-state index >= 15 is 0 Å². The fraction of sp³-hybridized carbons (Fsp3) is 0.455. The van der Waals surface area contributed by atoms with E-state index in [1.54, 1.807) is 5.56 Å². The van der Waals surface area contributed by atoms with Gasteiger partial charge in [0.1, 0.15) is 0 Å². The van der Waals surface area contributed by atoms with Crippen LogP contribution in [0.15, 0.2) is 24.3 Å². The molecule has 1 aromatic rings. The maximum Gasteiger partial charge on any atom is 0.0114 e. The molecule has 1 heteroatoms. The van der Waals surface area contributed by atoms with Crippen LogP contribution in [-0.4, -0.2) is 6.04 Å². The van der Waals surface area contributed by atoms with Crippen molar-refractivity contribution in [1.29, 1.82) is 0 Å². The lowest BCUT2D eigenvalue weighted by atomic mass is 9.89. The van der Waals surface area contributed by atoms with E-state index < -0.39 is 0 Å². The Hall–Kier alpha value is -0.820. The van der Waals surface area contributed by atoms with Gasteiger partial charge in [0.25, 0.3) is 0 Å². The van der Waals surface area contributed by atoms with Crippen molar-refractivity contribution in [2.24, 2.45) is 5.73 Å². The highest BCUT2D eigenvalue weighted by Gasteiger charge is 2.41. The molecule has 1 nitrogen and oxygen atoms in total. The summed E-state index contributed by atoms with van der Waals surface area (Å²) in [6.07, 6.45) is 2.52. The van der Waals surface area contributed by atoms with Crippen molar-refractivity contribution in [2.45, 2.75) is 30.7 Å². The second-order valence-corrected chi connectivity index (χ2v) is 4.07. The first-order valence-electron chi connectivity index (χ1n) is 4.70. The zero-order valence-corrected chi connectivity index (χ0v) is 7.03. The highest BCUT2D eigenvalue weighted by molar-refractivity contribution is 5.42. The third kappa shape index (κ3) is 0.674. The van der Waals surface area contributed by atoms with Crippen LogP contribution in [0.2, 0.25) is 0 Å². The lowest BCUT2D eigenvalue weighted by molar-refractivity contribution is 0.595. The van der Waals surface area contributed by atoms with Gasteiger partial charge in [0.2, 0.25) is 0 Å². The summed E-state index contributed by atoms with van der Waals surface area (Å²) >= 11 is 0. The summed E-state index contributed by atoms with van der Waals surface area (Å²) < 4.78 is 0. The zero-order chi connectivity index (χ0) is 8.13. The zero-order valence-electron chi connectivity index (χ0n) is 7.03. The molecule has 1 unspecified atom stereocenters. The summed E-state index contributed by atoms with van der Waals surface area (Å²) in [5, 5.41) is 0. The molecule has 2 aliphatic carbocycles. The average Bonchev–Trinajstić information content (AvgIpc) is 2.62. The van der Waals surface area contributed by atoms with Crippen molar-refractivity contribution in [3.05, 3.63) is 35.4 Å². The number of rotatable bonds is 0. The Labute approximate surface area is 72.6 Å². The van der Waals surface area contributed by atoms with E-state index in [-0.39, 0.29) is 0 Å². The van der Waals surface area contributed by atoms with Gasteiger partial charge in [-0.3, -0.25) is 0 Å². The lowest BCUT2D eigenvalue weighted by Gasteiger charge is -2.20. The Balaban J connectivity index is 2.17. The molecule has 0 aromatic heterocycles. The van der Waals surface area contributed by atoms with E-state index in [1.807, 2.05) is 0 Å². The Morgan fingerprint density at radius 3 is 2.67 bits per heavy atom. The summed E-state index contributed by atoms with van der Waals surface area (Å²) in [5.74, 6) is 1.45. The highest BCUT2D eigenvalue weighted by Crippen LogP contribution is 2.51. The Morgan fingerprint density at radius 2 is 1.83 bits per heavy atom. The topological polar surface area (TPSA) is 26.0 Å². The summed E-state index contributed by atoms with van der Waals surface area (Å²) in [5.41, 5.74) is 9.14. The van der Waals surface area contributed by atoms with Gasteiger partial charge in [-0.2, -0.15) is 0 Å². The maximum atomic E-state index is 6.03. The Kier molecular flexibility index (Phi) is 1.17. The van der Waals surface area contributed by atoms with Gasteiger partial charge in [-0.1, -0.05) is 24.3 Å². The molecule has 0 heterocycles. The van der Waals surface area contributed by atoms with Crippen LogP contribution in [0.5, 0.6) is 0 Å². The Morgan fingerprint density at radius 1 is 1.08 bits per heavy atom. The number of hydrogen-bond donors (Lipinski definition) is 1. The number of hydrogen-bond acceptors (Lipinski definition) is 1. The van der Waals surface area contributed by atoms with Crippen LogP contribution in [-0.2, 0) is 0 Å². The van der Waals surface area contributed by atoms with Crippen LogP contribution >= 0.6 is 0 Å². The second-order valence-electron chi connectivity index (χ2n) is 4.07. The third-order valence-electron chi connectivity index (χ3n) is 3.45. The van der Waals surface area contributed by atoms with Crippen molar-refractivity contribution < 1.29 is 0 Å². The fourth-order valence-corrected chi connectivity index (χ4v) is 2.90. The molecule has 0 aliphatic heterocycles. The van der Waals surface area contributed by atoms with Gasteiger partial charge in [0.05, 0.1) is 0 Å². The minimum atomic E-state index is 0.435. The second kappa shape index (κ2) is 2.11. The van der Waals surface area contributed by atoms with Crippen LogP contribution < -0.4 is 5.73 Å². The summed E-state index contributed by atoms with van der Waals surface area (Å²) in [7, 11) is 0. The minimum Gasteiger partial charge on any atom is -0.327 e. The van der Waals surface area contributed by atoms with Gasteiger partial charge in [0.15, 0.2) is 0 Å². The molecule has 2 bridgehead atoms. The monoisotopic (exact) mass is 159 g/mol. The van der Waals surface area contributed by atoms with E-state index in [2.05, 4.69) is 24.3 Å². The molecule has 1 fully saturated rings. The fourth-order valence-electron chi connectivity index (χ4n) is 2.90. The first-order chi connectivity index (χ1) is 5.86. The first-order valence-corrected chi connectivity index (χ1v) is 4.70. The van der Waals surface area contributed by atoms with Gasteiger partial charge in [-0.25, -0.2) is 0 Å². The standard InChI is InChI=1S/C11H13N/c12-11-6-7-5-10(11)9-4-2-1-3-8(7)9/h1-4,7,10-11H,5-6,12H2/t7?,10-,11-/m1/s1. The van der Waals surface area contributed by atoms with E-state index in [9.17, 15) is 0 Å². The smallest absolute Gasteiger partial charge is 0.0114 e. The van der Waals surface area contributed by atoms with Crippen LogP contribution in [0.4, 0.5) is 0 Å². The van der Waals surface area contributed by atoms with Crippen molar-refractivity contribution in [1.82, 2.24) is 0 Å². The molecule has 12 heavy (non-hydrogen) atoms. The minimum absolute atomic E-state index is 0.435. The van der Waals surface area contributed by atoms with Gasteiger partial charge in [0, 0.05) is 6.04 Å². The average molecular weight is 159 g/mol. The van der Waals surface area contributed by atoms with E-state index in [4.69, 9.17) is 5.73 Å². The maximum absolute atomic E-state index is 6.03. The van der Waals surface area contributed by atoms with Crippen molar-refractivity contribution >= 4 is 0 Å². The predicted molar refractivity (Wildman–Crippen MR) is 49.1 cm³/mol. The van der Waals surface area contributed by atoms with Crippen LogP contribution in [0.3, 0.4) is 0 Å². The quantitative estimate of drug-likeness (QED) is 0.615. The third-order valence-corrected chi connectivity index (χ3v) is 3.45. The normalized spacial score (nSPS) is 36.9. The molecular weight excluding hydrogens is 146 g/mol. The lowest BCUT2D eigenvalue weighted by Crippen LogP contribution is -2.25. The number of fused-ring (bicyclic) bond motifs is 5. The molecular formula is C11H13N. The highest BCUT2D eigenvalue weighted by atomic mass is 14.7. The first kappa shape index (κ1) is 6.67. The van der Waals surface area contributed by atoms with Crippen molar-refractivity contribution in [2.75, 3.05) is 0 Å². The molecule has 2 N–H and O–H groups in total. The summed E-state index contributed by atoms with van der Waals surface area (Å²) in [6, 6.07) is 9.23. The van der Waals surface area contributed by atoms with Crippen LogP contribution in [0.25, 0.3) is 0 Å². The van der Waals surface area contributed by atoms with E-state index in [0.29, 0.717) is 12.0 Å². The van der Waals surface area contributed by atoms with Gasteiger partial charge < -0.3 is 5.73 Å². The van der Waals surface area contributed by atoms with Crippen LogP contribution in [0.1, 0.15) is 35.8 Å². The Bertz CT molecular complexity index is 319. The number of nitrogens with two attached hydrogens (primary N) is 1. The molecule has 3 rings (SSSR count). The van der Waals surface area contributed by atoms with Crippen molar-refractivity contribution in [3.63, 3.8) is 0 Å². The summed E-state index contributed by atoms with van der Waals surface area (Å²) in [6.45, 7) is 0. The SMILES string of the molecule is N[C@@H]1CC2C[C@@H]1c1ccccc12. The molecule has 2 aliphatic rings. The molecule has 62 valence electrons. The van der Waals surface area contributed by atoms with Gasteiger partial charge in [-0.15, -0.1) is 0 Å². The van der Waals surface area contributed by atoms with E-state index in [1.165, 1.54) is 18.4 Å². The molecule has 0 spiro atoms. The number of benzene rings is 1. The molecule has 0 amide bonds. The van der Waals surface area contributed by atoms with Gasteiger partial charge >= 0.3 is 0 Å².